The summed E-state index contributed by atoms with van der Waals surface area (Å²) in [6, 6.07) is 15.8. The summed E-state index contributed by atoms with van der Waals surface area (Å²) in [4.78, 5) is 6.62. The van der Waals surface area contributed by atoms with Crippen molar-refractivity contribution in [3.8, 4) is 5.69 Å². The van der Waals surface area contributed by atoms with Crippen molar-refractivity contribution in [2.24, 2.45) is 0 Å². The van der Waals surface area contributed by atoms with Gasteiger partial charge in [0.2, 0.25) is 0 Å². The van der Waals surface area contributed by atoms with Crippen molar-refractivity contribution in [3.63, 3.8) is 0 Å². The molecule has 150 valence electrons. The minimum atomic E-state index is -0.0885. The fourth-order valence-corrected chi connectivity index (χ4v) is 4.62. The maximum absolute atomic E-state index is 9.64. The lowest BCUT2D eigenvalue weighted by Crippen LogP contribution is -2.32. The van der Waals surface area contributed by atoms with E-state index >= 15 is 0 Å². The molecule has 0 bridgehead atoms. The number of pyridine rings is 1. The second-order valence-corrected chi connectivity index (χ2v) is 8.01. The van der Waals surface area contributed by atoms with Crippen molar-refractivity contribution in [2.75, 3.05) is 13.2 Å². The molecule has 0 aliphatic carbocycles. The maximum Gasteiger partial charge on any atom is 0.170 e. The number of β-amino-alcohol motifs (C(OH)–C–C–N with tert-alkyl or cyclic N) is 1. The second kappa shape index (κ2) is 8.14. The lowest BCUT2D eigenvalue weighted by molar-refractivity contribution is 0.223. The predicted octanol–water partition coefficient (Wildman–Crippen LogP) is 4.11. The van der Waals surface area contributed by atoms with E-state index < -0.39 is 0 Å². The highest BCUT2D eigenvalue weighted by Gasteiger charge is 2.41. The standard InChI is InChI=1S/C22H23ClN4OS/c1-14-13-18(15(2)27(14)17-8-6-16(23)7-9-17)21-20(19-5-3-4-10-24-19)25-22(29)26(21)11-12-28/h3-10,13,20-21,28H,11-12H2,1-2H3,(H,25,29)/t20-,21-/m0/s1. The van der Waals surface area contributed by atoms with Crippen molar-refractivity contribution in [1.29, 1.82) is 0 Å². The summed E-state index contributed by atoms with van der Waals surface area (Å²) < 4.78 is 2.22. The first-order chi connectivity index (χ1) is 14.0. The van der Waals surface area contributed by atoms with Crippen LogP contribution in [0.25, 0.3) is 5.69 Å². The van der Waals surface area contributed by atoms with E-state index in [0.29, 0.717) is 16.7 Å². The molecule has 5 nitrogen and oxygen atoms in total. The summed E-state index contributed by atoms with van der Waals surface area (Å²) >= 11 is 11.7. The van der Waals surface area contributed by atoms with Crippen LogP contribution in [0.15, 0.2) is 54.7 Å². The highest BCUT2D eigenvalue weighted by molar-refractivity contribution is 7.80. The Morgan fingerprint density at radius 2 is 1.93 bits per heavy atom. The number of nitrogens with zero attached hydrogens (tertiary/aromatic N) is 3. The van der Waals surface area contributed by atoms with E-state index in [1.807, 2.05) is 42.5 Å². The third kappa shape index (κ3) is 3.64. The van der Waals surface area contributed by atoms with E-state index in [-0.39, 0.29) is 18.7 Å². The molecule has 1 fully saturated rings. The Balaban J connectivity index is 1.82. The van der Waals surface area contributed by atoms with E-state index in [0.717, 1.165) is 28.3 Å². The Morgan fingerprint density at radius 1 is 1.17 bits per heavy atom. The smallest absolute Gasteiger partial charge is 0.170 e. The molecular formula is C22H23ClN4OS. The van der Waals surface area contributed by atoms with Crippen molar-refractivity contribution in [1.82, 2.24) is 19.8 Å². The first-order valence-corrected chi connectivity index (χ1v) is 10.3. The van der Waals surface area contributed by atoms with E-state index in [4.69, 9.17) is 23.8 Å². The predicted molar refractivity (Wildman–Crippen MR) is 119 cm³/mol. The summed E-state index contributed by atoms with van der Waals surface area (Å²) in [5, 5.41) is 14.4. The molecule has 4 rings (SSSR count). The number of aliphatic hydroxyl groups is 1. The Hall–Kier alpha value is -2.41. The molecule has 1 aromatic carbocycles. The quantitative estimate of drug-likeness (QED) is 0.601. The molecule has 3 aromatic rings. The highest BCUT2D eigenvalue weighted by atomic mass is 35.5. The average molecular weight is 427 g/mol. The number of rotatable bonds is 5. The Morgan fingerprint density at radius 3 is 2.59 bits per heavy atom. The average Bonchev–Trinajstić information content (AvgIpc) is 3.20. The van der Waals surface area contributed by atoms with Crippen LogP contribution in [0.2, 0.25) is 5.02 Å². The lowest BCUT2D eigenvalue weighted by atomic mass is 9.97. The number of benzene rings is 1. The first kappa shape index (κ1) is 19.9. The summed E-state index contributed by atoms with van der Waals surface area (Å²) in [6.45, 7) is 4.70. The molecule has 0 amide bonds. The number of hydrogen-bond donors (Lipinski definition) is 2. The molecule has 1 aliphatic heterocycles. The van der Waals surface area contributed by atoms with Gasteiger partial charge in [0.1, 0.15) is 0 Å². The van der Waals surface area contributed by atoms with E-state index in [2.05, 4.69) is 39.7 Å². The second-order valence-electron chi connectivity index (χ2n) is 7.18. The van der Waals surface area contributed by atoms with Crippen LogP contribution in [0.3, 0.4) is 0 Å². The van der Waals surface area contributed by atoms with E-state index in [9.17, 15) is 5.11 Å². The highest BCUT2D eigenvalue weighted by Crippen LogP contribution is 2.41. The molecule has 0 unspecified atom stereocenters. The van der Waals surface area contributed by atoms with Crippen LogP contribution in [-0.4, -0.2) is 37.8 Å². The third-order valence-electron chi connectivity index (χ3n) is 5.41. The minimum Gasteiger partial charge on any atom is -0.395 e. The van der Waals surface area contributed by atoms with Crippen LogP contribution in [0, 0.1) is 13.8 Å². The van der Waals surface area contributed by atoms with Crippen molar-refractivity contribution in [2.45, 2.75) is 25.9 Å². The largest absolute Gasteiger partial charge is 0.395 e. The zero-order chi connectivity index (χ0) is 20.5. The van der Waals surface area contributed by atoms with Gasteiger partial charge < -0.3 is 19.9 Å². The van der Waals surface area contributed by atoms with Crippen molar-refractivity contribution in [3.05, 3.63) is 82.4 Å². The van der Waals surface area contributed by atoms with Crippen LogP contribution in [0.4, 0.5) is 0 Å². The molecule has 7 heteroatoms. The van der Waals surface area contributed by atoms with Crippen LogP contribution in [0.5, 0.6) is 0 Å². The number of aryl methyl sites for hydroxylation is 1. The van der Waals surface area contributed by atoms with Gasteiger partial charge in [-0.05, 0) is 74.1 Å². The molecule has 2 aromatic heterocycles. The molecule has 2 atom stereocenters. The Kier molecular flexibility index (Phi) is 5.58. The molecule has 0 radical (unpaired) electrons. The maximum atomic E-state index is 9.64. The molecule has 1 saturated heterocycles. The number of aliphatic hydroxyl groups excluding tert-OH is 1. The Bertz CT molecular complexity index is 1020. The topological polar surface area (TPSA) is 53.3 Å². The number of hydrogen-bond acceptors (Lipinski definition) is 3. The van der Waals surface area contributed by atoms with Crippen LogP contribution in [-0.2, 0) is 0 Å². The Labute approximate surface area is 180 Å². The summed E-state index contributed by atoms with van der Waals surface area (Å²) in [5.41, 5.74) is 5.41. The molecule has 29 heavy (non-hydrogen) atoms. The molecule has 0 spiro atoms. The third-order valence-corrected chi connectivity index (χ3v) is 6.02. The molecule has 1 aliphatic rings. The van der Waals surface area contributed by atoms with Gasteiger partial charge in [0.25, 0.3) is 0 Å². The van der Waals surface area contributed by atoms with Gasteiger partial charge in [-0.2, -0.15) is 0 Å². The van der Waals surface area contributed by atoms with Gasteiger partial charge in [-0.15, -0.1) is 0 Å². The van der Waals surface area contributed by atoms with Gasteiger partial charge >= 0.3 is 0 Å². The number of aromatic nitrogens is 2. The van der Waals surface area contributed by atoms with Crippen LogP contribution < -0.4 is 5.32 Å². The minimum absolute atomic E-state index is 0.0309. The van der Waals surface area contributed by atoms with Crippen molar-refractivity contribution >= 4 is 28.9 Å². The number of thiocarbonyl (C=S) groups is 1. The summed E-state index contributed by atoms with van der Waals surface area (Å²) in [7, 11) is 0. The zero-order valence-electron chi connectivity index (χ0n) is 16.3. The fourth-order valence-electron chi connectivity index (χ4n) is 4.17. The summed E-state index contributed by atoms with van der Waals surface area (Å²) in [5.74, 6) is 0. The van der Waals surface area contributed by atoms with Gasteiger partial charge in [0, 0.05) is 34.8 Å². The zero-order valence-corrected chi connectivity index (χ0v) is 17.9. The molecule has 2 N–H and O–H groups in total. The SMILES string of the molecule is Cc1cc([C@H]2[C@H](c3ccccn3)NC(=S)N2CCO)c(C)n1-c1ccc(Cl)cc1. The lowest BCUT2D eigenvalue weighted by Gasteiger charge is -2.27. The van der Waals surface area contributed by atoms with Crippen LogP contribution >= 0.6 is 23.8 Å². The summed E-state index contributed by atoms with van der Waals surface area (Å²) in [6.07, 6.45) is 1.79. The fraction of sp³-hybridized carbons (Fsp3) is 0.273. The van der Waals surface area contributed by atoms with Gasteiger partial charge in [0.15, 0.2) is 5.11 Å². The first-order valence-electron chi connectivity index (χ1n) is 9.55. The van der Waals surface area contributed by atoms with Gasteiger partial charge in [-0.1, -0.05) is 17.7 Å². The molecular weight excluding hydrogens is 404 g/mol. The normalized spacial score (nSPS) is 18.9. The number of halogens is 1. The number of nitrogens with one attached hydrogen (secondary N) is 1. The van der Waals surface area contributed by atoms with Gasteiger partial charge in [-0.25, -0.2) is 0 Å². The molecule has 3 heterocycles. The van der Waals surface area contributed by atoms with Crippen LogP contribution in [0.1, 0.15) is 34.7 Å². The monoisotopic (exact) mass is 426 g/mol. The van der Waals surface area contributed by atoms with E-state index in [1.54, 1.807) is 6.20 Å². The molecule has 0 saturated carbocycles. The van der Waals surface area contributed by atoms with Gasteiger partial charge in [0.05, 0.1) is 24.4 Å². The van der Waals surface area contributed by atoms with Crippen molar-refractivity contribution < 1.29 is 5.11 Å². The van der Waals surface area contributed by atoms with E-state index in [1.165, 1.54) is 0 Å². The van der Waals surface area contributed by atoms with Gasteiger partial charge in [-0.3, -0.25) is 4.98 Å².